The van der Waals surface area contributed by atoms with Gasteiger partial charge in [-0.25, -0.2) is 4.98 Å². The van der Waals surface area contributed by atoms with E-state index in [0.717, 1.165) is 11.3 Å². The van der Waals surface area contributed by atoms with E-state index in [1.54, 1.807) is 29.4 Å². The third-order valence-corrected chi connectivity index (χ3v) is 4.79. The lowest BCUT2D eigenvalue weighted by Gasteiger charge is -2.22. The topological polar surface area (TPSA) is 68.3 Å². The quantitative estimate of drug-likeness (QED) is 0.486. The Balaban J connectivity index is 1.50. The van der Waals surface area contributed by atoms with Gasteiger partial charge in [0.25, 0.3) is 5.56 Å². The number of carbonyl (C=O) groups excluding carboxylic acids is 1. The predicted molar refractivity (Wildman–Crippen MR) is 110 cm³/mol. The first kappa shape index (κ1) is 18.7. The van der Waals surface area contributed by atoms with Gasteiger partial charge in [0, 0.05) is 19.5 Å². The third kappa shape index (κ3) is 4.43. The lowest BCUT2D eigenvalue weighted by molar-refractivity contribution is -0.133. The molecule has 0 fully saturated rings. The van der Waals surface area contributed by atoms with Crippen LogP contribution in [0, 0.1) is 0 Å². The van der Waals surface area contributed by atoms with E-state index in [0.29, 0.717) is 24.0 Å². The molecule has 4 rings (SSSR count). The molecule has 0 unspecified atom stereocenters. The second kappa shape index (κ2) is 8.56. The molecule has 0 saturated heterocycles. The molecular formula is C23H21N3O3. The van der Waals surface area contributed by atoms with Crippen LogP contribution in [0.4, 0.5) is 0 Å². The van der Waals surface area contributed by atoms with E-state index in [1.807, 2.05) is 48.5 Å². The van der Waals surface area contributed by atoms with E-state index in [9.17, 15) is 9.59 Å². The van der Waals surface area contributed by atoms with Crippen LogP contribution in [0.15, 0.2) is 88.5 Å². The van der Waals surface area contributed by atoms with Gasteiger partial charge in [-0.05, 0) is 29.8 Å². The van der Waals surface area contributed by atoms with Gasteiger partial charge in [0.2, 0.25) is 5.91 Å². The molecule has 0 aliphatic rings. The first-order chi connectivity index (χ1) is 14.2. The molecule has 0 bridgehead atoms. The highest BCUT2D eigenvalue weighted by molar-refractivity contribution is 5.77. The zero-order valence-electron chi connectivity index (χ0n) is 15.9. The lowest BCUT2D eigenvalue weighted by atomic mass is 10.2. The molecular weight excluding hydrogens is 366 g/mol. The van der Waals surface area contributed by atoms with E-state index in [1.165, 1.54) is 10.9 Å². The van der Waals surface area contributed by atoms with Gasteiger partial charge < -0.3 is 9.32 Å². The Morgan fingerprint density at radius 2 is 1.76 bits per heavy atom. The molecule has 0 radical (unpaired) electrons. The van der Waals surface area contributed by atoms with Gasteiger partial charge in [-0.1, -0.05) is 42.5 Å². The summed E-state index contributed by atoms with van der Waals surface area (Å²) in [5, 5.41) is 0.555. The smallest absolute Gasteiger partial charge is 0.261 e. The Hall–Kier alpha value is -3.67. The molecule has 2 heterocycles. The molecule has 146 valence electrons. The van der Waals surface area contributed by atoms with E-state index >= 15 is 0 Å². The van der Waals surface area contributed by atoms with Crippen molar-refractivity contribution < 1.29 is 9.21 Å². The molecule has 2 aromatic heterocycles. The summed E-state index contributed by atoms with van der Waals surface area (Å²) in [5.41, 5.74) is 1.56. The summed E-state index contributed by atoms with van der Waals surface area (Å²) in [5.74, 6) is 0.670. The number of benzene rings is 2. The Morgan fingerprint density at radius 3 is 2.55 bits per heavy atom. The van der Waals surface area contributed by atoms with Gasteiger partial charge >= 0.3 is 0 Å². The molecule has 2 aromatic carbocycles. The SMILES string of the molecule is O=C(CCn1cnc2ccccc2c1=O)N(Cc1ccccc1)Cc1ccco1. The van der Waals surface area contributed by atoms with Crippen LogP contribution >= 0.6 is 0 Å². The number of carbonyl (C=O) groups is 1. The minimum atomic E-state index is -0.135. The number of para-hydroxylation sites is 1. The van der Waals surface area contributed by atoms with E-state index in [2.05, 4.69) is 4.98 Å². The fourth-order valence-electron chi connectivity index (χ4n) is 3.27. The Kier molecular flexibility index (Phi) is 5.52. The van der Waals surface area contributed by atoms with Crippen LogP contribution in [-0.2, 0) is 24.4 Å². The largest absolute Gasteiger partial charge is 0.467 e. The van der Waals surface area contributed by atoms with Crippen LogP contribution in [0.5, 0.6) is 0 Å². The number of aryl methyl sites for hydroxylation is 1. The fourth-order valence-corrected chi connectivity index (χ4v) is 3.27. The zero-order valence-corrected chi connectivity index (χ0v) is 15.9. The summed E-state index contributed by atoms with van der Waals surface area (Å²) in [6, 6.07) is 20.7. The van der Waals surface area contributed by atoms with Gasteiger partial charge in [0.15, 0.2) is 0 Å². The van der Waals surface area contributed by atoms with Crippen molar-refractivity contribution in [2.75, 3.05) is 0 Å². The van der Waals surface area contributed by atoms with Gasteiger partial charge in [0.1, 0.15) is 5.76 Å². The van der Waals surface area contributed by atoms with Crippen molar-refractivity contribution in [1.29, 1.82) is 0 Å². The Morgan fingerprint density at radius 1 is 0.966 bits per heavy atom. The van der Waals surface area contributed by atoms with E-state index < -0.39 is 0 Å². The Labute approximate surface area is 168 Å². The van der Waals surface area contributed by atoms with Gasteiger partial charge in [-0.15, -0.1) is 0 Å². The molecule has 0 aliphatic heterocycles. The molecule has 29 heavy (non-hydrogen) atoms. The average Bonchev–Trinajstić information content (AvgIpc) is 3.27. The molecule has 6 nitrogen and oxygen atoms in total. The summed E-state index contributed by atoms with van der Waals surface area (Å²) in [7, 11) is 0. The van der Waals surface area contributed by atoms with Crippen LogP contribution in [0.3, 0.4) is 0 Å². The number of nitrogens with zero attached hydrogens (tertiary/aromatic N) is 3. The molecule has 1 amide bonds. The zero-order chi connectivity index (χ0) is 20.1. The molecule has 4 aromatic rings. The average molecular weight is 387 g/mol. The molecule has 0 N–H and O–H groups in total. The fraction of sp³-hybridized carbons (Fsp3) is 0.174. The minimum Gasteiger partial charge on any atom is -0.467 e. The van der Waals surface area contributed by atoms with Crippen LogP contribution in [0.25, 0.3) is 10.9 Å². The van der Waals surface area contributed by atoms with Crippen LogP contribution < -0.4 is 5.56 Å². The second-order valence-corrected chi connectivity index (χ2v) is 6.83. The summed E-state index contributed by atoms with van der Waals surface area (Å²) < 4.78 is 6.92. The van der Waals surface area contributed by atoms with Gasteiger partial charge in [-0.3, -0.25) is 14.2 Å². The third-order valence-electron chi connectivity index (χ3n) is 4.79. The summed E-state index contributed by atoms with van der Waals surface area (Å²) >= 11 is 0. The number of aromatic nitrogens is 2. The molecule has 0 atom stereocenters. The number of fused-ring (bicyclic) bond motifs is 1. The van der Waals surface area contributed by atoms with E-state index in [4.69, 9.17) is 4.42 Å². The van der Waals surface area contributed by atoms with Crippen LogP contribution in [-0.4, -0.2) is 20.4 Å². The van der Waals surface area contributed by atoms with Crippen molar-refractivity contribution >= 4 is 16.8 Å². The molecule has 0 aliphatic carbocycles. The number of rotatable bonds is 7. The first-order valence-corrected chi connectivity index (χ1v) is 9.49. The van der Waals surface area contributed by atoms with Crippen molar-refractivity contribution in [1.82, 2.24) is 14.5 Å². The normalized spacial score (nSPS) is 10.9. The molecule has 6 heteroatoms. The summed E-state index contributed by atoms with van der Waals surface area (Å²) in [6.45, 7) is 1.13. The molecule has 0 spiro atoms. The maximum atomic E-state index is 13.0. The highest BCUT2D eigenvalue weighted by atomic mass is 16.3. The van der Waals surface area contributed by atoms with E-state index in [-0.39, 0.29) is 24.4 Å². The first-order valence-electron chi connectivity index (χ1n) is 9.49. The van der Waals surface area contributed by atoms with Crippen molar-refractivity contribution in [3.8, 4) is 0 Å². The summed E-state index contributed by atoms with van der Waals surface area (Å²) in [6.07, 6.45) is 3.31. The lowest BCUT2D eigenvalue weighted by Crippen LogP contribution is -2.32. The number of hydrogen-bond acceptors (Lipinski definition) is 4. The van der Waals surface area contributed by atoms with Crippen molar-refractivity contribution in [3.63, 3.8) is 0 Å². The standard InChI is InChI=1S/C23H21N3O3/c27-22(12-13-25-17-24-21-11-5-4-10-20(21)23(25)28)26(16-19-9-6-14-29-19)15-18-7-2-1-3-8-18/h1-11,14,17H,12-13,15-16H2. The molecule has 0 saturated carbocycles. The number of amides is 1. The van der Waals surface area contributed by atoms with Crippen LogP contribution in [0.2, 0.25) is 0 Å². The maximum Gasteiger partial charge on any atom is 0.261 e. The highest BCUT2D eigenvalue weighted by Gasteiger charge is 2.16. The van der Waals surface area contributed by atoms with Crippen LogP contribution in [0.1, 0.15) is 17.7 Å². The second-order valence-electron chi connectivity index (χ2n) is 6.83. The van der Waals surface area contributed by atoms with Gasteiger partial charge in [-0.2, -0.15) is 0 Å². The number of hydrogen-bond donors (Lipinski definition) is 0. The maximum absolute atomic E-state index is 13.0. The van der Waals surface area contributed by atoms with Crippen molar-refractivity contribution in [3.05, 3.63) is 101 Å². The highest BCUT2D eigenvalue weighted by Crippen LogP contribution is 2.13. The monoisotopic (exact) mass is 387 g/mol. The Bertz CT molecular complexity index is 1150. The van der Waals surface area contributed by atoms with Gasteiger partial charge in [0.05, 0.1) is 30.0 Å². The number of furan rings is 1. The van der Waals surface area contributed by atoms with Crippen molar-refractivity contribution in [2.24, 2.45) is 0 Å². The van der Waals surface area contributed by atoms with Crippen molar-refractivity contribution in [2.45, 2.75) is 26.1 Å². The minimum absolute atomic E-state index is 0.0506. The predicted octanol–water partition coefficient (Wildman–Crippen LogP) is 3.61. The summed E-state index contributed by atoms with van der Waals surface area (Å²) in [4.78, 5) is 31.7.